The molecule has 1 aromatic rings. The van der Waals surface area contributed by atoms with Gasteiger partial charge in [-0.3, -0.25) is 4.79 Å². The van der Waals surface area contributed by atoms with Crippen LogP contribution in [0, 0.1) is 11.7 Å². The molecule has 0 amide bonds. The maximum atomic E-state index is 13.0. The summed E-state index contributed by atoms with van der Waals surface area (Å²) < 4.78 is 13.0. The van der Waals surface area contributed by atoms with Crippen LogP contribution in [0.1, 0.15) is 11.5 Å². The predicted octanol–water partition coefficient (Wildman–Crippen LogP) is 1.21. The van der Waals surface area contributed by atoms with Gasteiger partial charge in [0.15, 0.2) is 0 Å². The smallest absolute Gasteiger partial charge is 0.308 e. The second-order valence-electron chi connectivity index (χ2n) is 3.76. The highest BCUT2D eigenvalue weighted by Gasteiger charge is 2.33. The number of hydrogen-bond acceptors (Lipinski definition) is 2. The molecular formula is C11H12FNO2. The molecule has 2 rings (SSSR count). The van der Waals surface area contributed by atoms with E-state index in [0.29, 0.717) is 13.1 Å². The van der Waals surface area contributed by atoms with Crippen LogP contribution in [0.3, 0.4) is 0 Å². The number of nitrogens with one attached hydrogen (secondary N) is 1. The summed E-state index contributed by atoms with van der Waals surface area (Å²) in [6.45, 7) is 1.05. The first-order chi connectivity index (χ1) is 7.18. The topological polar surface area (TPSA) is 49.3 Å². The highest BCUT2D eigenvalue weighted by atomic mass is 19.1. The molecule has 1 aliphatic rings. The van der Waals surface area contributed by atoms with Crippen molar-refractivity contribution in [3.05, 3.63) is 35.6 Å². The fraction of sp³-hybridized carbons (Fsp3) is 0.364. The summed E-state index contributed by atoms with van der Waals surface area (Å²) in [5, 5.41) is 12.0. The minimum absolute atomic E-state index is 0.127. The van der Waals surface area contributed by atoms with Crippen LogP contribution in [0.5, 0.6) is 0 Å². The van der Waals surface area contributed by atoms with Gasteiger partial charge < -0.3 is 10.4 Å². The summed E-state index contributed by atoms with van der Waals surface area (Å²) in [7, 11) is 0. The lowest BCUT2D eigenvalue weighted by Crippen LogP contribution is -2.21. The Morgan fingerprint density at radius 1 is 1.47 bits per heavy atom. The van der Waals surface area contributed by atoms with Crippen molar-refractivity contribution in [2.45, 2.75) is 5.92 Å². The van der Waals surface area contributed by atoms with Gasteiger partial charge in [-0.05, 0) is 17.7 Å². The number of carboxylic acid groups (broad SMARTS) is 1. The van der Waals surface area contributed by atoms with Crippen molar-refractivity contribution in [1.82, 2.24) is 5.32 Å². The van der Waals surface area contributed by atoms with Crippen LogP contribution in [0.2, 0.25) is 0 Å². The normalized spacial score (nSPS) is 25.4. The SMILES string of the molecule is O=C(O)C1CNCC1c1cccc(F)c1. The van der Waals surface area contributed by atoms with Crippen LogP contribution in [0.15, 0.2) is 24.3 Å². The minimum Gasteiger partial charge on any atom is -0.481 e. The highest BCUT2D eigenvalue weighted by Crippen LogP contribution is 2.28. The number of aliphatic carboxylic acids is 1. The van der Waals surface area contributed by atoms with Crippen molar-refractivity contribution in [1.29, 1.82) is 0 Å². The van der Waals surface area contributed by atoms with Crippen LogP contribution in [-0.2, 0) is 4.79 Å². The van der Waals surface area contributed by atoms with Crippen molar-refractivity contribution < 1.29 is 14.3 Å². The molecule has 0 radical (unpaired) electrons. The molecule has 1 heterocycles. The second-order valence-corrected chi connectivity index (χ2v) is 3.76. The summed E-state index contributed by atoms with van der Waals surface area (Å²) >= 11 is 0. The summed E-state index contributed by atoms with van der Waals surface area (Å²) in [6, 6.07) is 6.16. The van der Waals surface area contributed by atoms with Crippen molar-refractivity contribution in [2.75, 3.05) is 13.1 Å². The monoisotopic (exact) mass is 209 g/mol. The third-order valence-electron chi connectivity index (χ3n) is 2.81. The van der Waals surface area contributed by atoms with E-state index in [-0.39, 0.29) is 11.7 Å². The Balaban J connectivity index is 2.26. The molecule has 1 fully saturated rings. The zero-order chi connectivity index (χ0) is 10.8. The number of carbonyl (C=O) groups is 1. The largest absolute Gasteiger partial charge is 0.481 e. The summed E-state index contributed by atoms with van der Waals surface area (Å²) in [5.41, 5.74) is 0.757. The Morgan fingerprint density at radius 2 is 2.27 bits per heavy atom. The number of rotatable bonds is 2. The van der Waals surface area contributed by atoms with Gasteiger partial charge in [0.1, 0.15) is 5.82 Å². The van der Waals surface area contributed by atoms with Gasteiger partial charge in [0.25, 0.3) is 0 Å². The quantitative estimate of drug-likeness (QED) is 0.769. The van der Waals surface area contributed by atoms with E-state index in [1.54, 1.807) is 12.1 Å². The molecule has 2 N–H and O–H groups in total. The van der Waals surface area contributed by atoms with Crippen molar-refractivity contribution in [3.63, 3.8) is 0 Å². The lowest BCUT2D eigenvalue weighted by atomic mass is 9.89. The van der Waals surface area contributed by atoms with Crippen molar-refractivity contribution >= 4 is 5.97 Å². The lowest BCUT2D eigenvalue weighted by Gasteiger charge is -2.14. The van der Waals surface area contributed by atoms with Crippen molar-refractivity contribution in [2.24, 2.45) is 5.92 Å². The molecule has 0 bridgehead atoms. The van der Waals surface area contributed by atoms with E-state index < -0.39 is 11.9 Å². The zero-order valence-corrected chi connectivity index (χ0v) is 8.11. The van der Waals surface area contributed by atoms with Crippen LogP contribution >= 0.6 is 0 Å². The first-order valence-corrected chi connectivity index (χ1v) is 4.87. The molecule has 0 spiro atoms. The van der Waals surface area contributed by atoms with Gasteiger partial charge in [-0.25, -0.2) is 4.39 Å². The molecule has 1 saturated heterocycles. The van der Waals surface area contributed by atoms with E-state index in [2.05, 4.69) is 5.32 Å². The average molecular weight is 209 g/mol. The fourth-order valence-corrected chi connectivity index (χ4v) is 2.03. The predicted molar refractivity (Wildman–Crippen MR) is 53.1 cm³/mol. The Kier molecular flexibility index (Phi) is 2.68. The highest BCUT2D eigenvalue weighted by molar-refractivity contribution is 5.72. The molecular weight excluding hydrogens is 197 g/mol. The van der Waals surface area contributed by atoms with Crippen LogP contribution < -0.4 is 5.32 Å². The minimum atomic E-state index is -0.825. The molecule has 4 heteroatoms. The third-order valence-corrected chi connectivity index (χ3v) is 2.81. The maximum absolute atomic E-state index is 13.0. The number of halogens is 1. The molecule has 80 valence electrons. The van der Waals surface area contributed by atoms with Gasteiger partial charge in [0, 0.05) is 19.0 Å². The van der Waals surface area contributed by atoms with E-state index in [9.17, 15) is 9.18 Å². The molecule has 2 unspecified atom stereocenters. The number of hydrogen-bond donors (Lipinski definition) is 2. The van der Waals surface area contributed by atoms with Crippen molar-refractivity contribution in [3.8, 4) is 0 Å². The third kappa shape index (κ3) is 1.99. The summed E-state index contributed by atoms with van der Waals surface area (Å²) in [6.07, 6.45) is 0. The molecule has 0 aliphatic carbocycles. The zero-order valence-electron chi connectivity index (χ0n) is 8.11. The molecule has 0 saturated carbocycles. The molecule has 1 aromatic carbocycles. The molecule has 15 heavy (non-hydrogen) atoms. The summed E-state index contributed by atoms with van der Waals surface area (Å²) in [5.74, 6) is -1.72. The van der Waals surface area contributed by atoms with E-state index in [1.807, 2.05) is 0 Å². The Hall–Kier alpha value is -1.42. The van der Waals surface area contributed by atoms with E-state index in [0.717, 1.165) is 5.56 Å². The van der Waals surface area contributed by atoms with E-state index in [4.69, 9.17) is 5.11 Å². The molecule has 2 atom stereocenters. The van der Waals surface area contributed by atoms with Gasteiger partial charge in [-0.15, -0.1) is 0 Å². The van der Waals surface area contributed by atoms with Gasteiger partial charge in [-0.1, -0.05) is 12.1 Å². The fourth-order valence-electron chi connectivity index (χ4n) is 2.03. The van der Waals surface area contributed by atoms with Gasteiger partial charge in [0.2, 0.25) is 0 Å². The number of benzene rings is 1. The van der Waals surface area contributed by atoms with Crippen LogP contribution in [0.25, 0.3) is 0 Å². The Morgan fingerprint density at radius 3 is 2.93 bits per heavy atom. The van der Waals surface area contributed by atoms with Gasteiger partial charge in [-0.2, -0.15) is 0 Å². The lowest BCUT2D eigenvalue weighted by molar-refractivity contribution is -0.141. The molecule has 1 aliphatic heterocycles. The Bertz CT molecular complexity index is 381. The summed E-state index contributed by atoms with van der Waals surface area (Å²) in [4.78, 5) is 10.9. The van der Waals surface area contributed by atoms with Crippen LogP contribution in [0.4, 0.5) is 4.39 Å². The van der Waals surface area contributed by atoms with Gasteiger partial charge in [0.05, 0.1) is 5.92 Å². The van der Waals surface area contributed by atoms with E-state index >= 15 is 0 Å². The Labute approximate surface area is 86.9 Å². The van der Waals surface area contributed by atoms with E-state index in [1.165, 1.54) is 12.1 Å². The molecule has 3 nitrogen and oxygen atoms in total. The standard InChI is InChI=1S/C11H12FNO2/c12-8-3-1-2-7(4-8)9-5-13-6-10(9)11(14)15/h1-4,9-10,13H,5-6H2,(H,14,15). The number of carboxylic acids is 1. The maximum Gasteiger partial charge on any atom is 0.308 e. The average Bonchev–Trinajstić information content (AvgIpc) is 2.65. The second kappa shape index (κ2) is 3.98. The van der Waals surface area contributed by atoms with Gasteiger partial charge >= 0.3 is 5.97 Å². The first-order valence-electron chi connectivity index (χ1n) is 4.87. The molecule has 0 aromatic heterocycles. The first kappa shape index (κ1) is 10.1. The van der Waals surface area contributed by atoms with Crippen LogP contribution in [-0.4, -0.2) is 24.2 Å².